The quantitative estimate of drug-likeness (QED) is 0.779. The van der Waals surface area contributed by atoms with E-state index >= 15 is 0 Å². The molecule has 3 rings (SSSR count). The van der Waals surface area contributed by atoms with E-state index in [2.05, 4.69) is 0 Å². The highest BCUT2D eigenvalue weighted by Crippen LogP contribution is 2.22. The van der Waals surface area contributed by atoms with Crippen LogP contribution in [-0.4, -0.2) is 37.0 Å². The number of ether oxygens (including phenoxy) is 1. The lowest BCUT2D eigenvalue weighted by Crippen LogP contribution is -2.43. The van der Waals surface area contributed by atoms with Gasteiger partial charge >= 0.3 is 0 Å². The maximum Gasteiger partial charge on any atom is 0.232 e. The molecule has 0 aliphatic carbocycles. The van der Waals surface area contributed by atoms with Gasteiger partial charge in [-0.1, -0.05) is 23.7 Å². The van der Waals surface area contributed by atoms with Gasteiger partial charge < -0.3 is 9.64 Å². The Morgan fingerprint density at radius 1 is 1.15 bits per heavy atom. The van der Waals surface area contributed by atoms with Crippen LogP contribution in [0.1, 0.15) is 18.4 Å². The molecule has 136 valence electrons. The maximum absolute atomic E-state index is 13.0. The number of rotatable bonds is 6. The van der Waals surface area contributed by atoms with Crippen LogP contribution in [0.25, 0.3) is 0 Å². The predicted molar refractivity (Wildman–Crippen MR) is 101 cm³/mol. The predicted octanol–water partition coefficient (Wildman–Crippen LogP) is 3.50. The summed E-state index contributed by atoms with van der Waals surface area (Å²) in [6.45, 7) is 0.942. The standard InChI is InChI=1S/C20H21ClN2O3/c1-26-18-10-8-17(9-11-18)23(14-22-12-2-3-19(22)24)20(25)13-15-4-6-16(21)7-5-15/h4-11H,2-3,12-14H2,1H3. The minimum absolute atomic E-state index is 0.0720. The highest BCUT2D eigenvalue weighted by atomic mass is 35.5. The van der Waals surface area contributed by atoms with E-state index in [4.69, 9.17) is 16.3 Å². The van der Waals surface area contributed by atoms with Gasteiger partial charge in [-0.15, -0.1) is 0 Å². The zero-order valence-corrected chi connectivity index (χ0v) is 15.4. The number of hydrogen-bond donors (Lipinski definition) is 0. The van der Waals surface area contributed by atoms with Crippen molar-refractivity contribution in [2.45, 2.75) is 19.3 Å². The van der Waals surface area contributed by atoms with Crippen molar-refractivity contribution < 1.29 is 14.3 Å². The third-order valence-electron chi connectivity index (χ3n) is 4.44. The molecule has 1 aliphatic rings. The van der Waals surface area contributed by atoms with Crippen molar-refractivity contribution in [3.63, 3.8) is 0 Å². The zero-order chi connectivity index (χ0) is 18.5. The Morgan fingerprint density at radius 3 is 2.42 bits per heavy atom. The molecule has 1 aliphatic heterocycles. The molecular weight excluding hydrogens is 352 g/mol. The maximum atomic E-state index is 13.0. The number of amides is 2. The van der Waals surface area contributed by atoms with E-state index in [9.17, 15) is 9.59 Å². The number of hydrogen-bond acceptors (Lipinski definition) is 3. The number of nitrogens with zero attached hydrogens (tertiary/aromatic N) is 2. The molecular formula is C20H21ClN2O3. The van der Waals surface area contributed by atoms with Crippen LogP contribution in [0.15, 0.2) is 48.5 Å². The van der Waals surface area contributed by atoms with Gasteiger partial charge in [-0.2, -0.15) is 0 Å². The summed E-state index contributed by atoms with van der Waals surface area (Å²) in [5.74, 6) is 0.732. The molecule has 6 heteroatoms. The molecule has 1 fully saturated rings. The van der Waals surface area contributed by atoms with Crippen LogP contribution in [0.2, 0.25) is 5.02 Å². The van der Waals surface area contributed by atoms with Crippen LogP contribution in [0, 0.1) is 0 Å². The minimum Gasteiger partial charge on any atom is -0.497 e. The summed E-state index contributed by atoms with van der Waals surface area (Å²) in [5, 5.41) is 0.635. The lowest BCUT2D eigenvalue weighted by atomic mass is 10.1. The smallest absolute Gasteiger partial charge is 0.232 e. The first-order valence-corrected chi connectivity index (χ1v) is 8.91. The van der Waals surface area contributed by atoms with E-state index in [0.717, 1.165) is 23.4 Å². The molecule has 2 aromatic rings. The van der Waals surface area contributed by atoms with Gasteiger partial charge in [0, 0.05) is 23.7 Å². The van der Waals surface area contributed by atoms with Gasteiger partial charge in [0.2, 0.25) is 11.8 Å². The van der Waals surface area contributed by atoms with E-state index in [1.54, 1.807) is 29.0 Å². The second-order valence-corrected chi connectivity index (χ2v) is 6.66. The molecule has 2 amide bonds. The SMILES string of the molecule is COc1ccc(N(CN2CCCC2=O)C(=O)Cc2ccc(Cl)cc2)cc1. The first kappa shape index (κ1) is 18.3. The first-order chi connectivity index (χ1) is 12.6. The molecule has 1 heterocycles. The van der Waals surface area contributed by atoms with Gasteiger partial charge in [-0.3, -0.25) is 14.5 Å². The number of carbonyl (C=O) groups is 2. The number of likely N-dealkylation sites (tertiary alicyclic amines) is 1. The van der Waals surface area contributed by atoms with Crippen LogP contribution >= 0.6 is 11.6 Å². The van der Waals surface area contributed by atoms with Crippen molar-refractivity contribution in [3.05, 3.63) is 59.1 Å². The first-order valence-electron chi connectivity index (χ1n) is 8.53. The molecule has 0 atom stereocenters. The molecule has 0 bridgehead atoms. The Balaban J connectivity index is 1.81. The fourth-order valence-electron chi connectivity index (χ4n) is 2.96. The van der Waals surface area contributed by atoms with E-state index in [0.29, 0.717) is 18.0 Å². The van der Waals surface area contributed by atoms with Gasteiger partial charge in [0.05, 0.1) is 13.5 Å². The Hall–Kier alpha value is -2.53. The summed E-state index contributed by atoms with van der Waals surface area (Å²) in [4.78, 5) is 28.4. The van der Waals surface area contributed by atoms with Crippen LogP contribution in [0.4, 0.5) is 5.69 Å². The molecule has 0 N–H and O–H groups in total. The second-order valence-electron chi connectivity index (χ2n) is 6.23. The third kappa shape index (κ3) is 4.35. The molecule has 1 saturated heterocycles. The summed E-state index contributed by atoms with van der Waals surface area (Å²) in [6.07, 6.45) is 1.62. The number of anilines is 1. The zero-order valence-electron chi connectivity index (χ0n) is 14.7. The monoisotopic (exact) mass is 372 g/mol. The molecule has 0 saturated carbocycles. The summed E-state index contributed by atoms with van der Waals surface area (Å²) in [5.41, 5.74) is 1.62. The summed E-state index contributed by atoms with van der Waals surface area (Å²) in [6, 6.07) is 14.5. The minimum atomic E-state index is -0.0720. The fourth-order valence-corrected chi connectivity index (χ4v) is 3.09. The van der Waals surface area contributed by atoms with Crippen molar-refractivity contribution >= 4 is 29.1 Å². The van der Waals surface area contributed by atoms with Gasteiger partial charge in [-0.25, -0.2) is 0 Å². The van der Waals surface area contributed by atoms with E-state index in [1.165, 1.54) is 0 Å². The topological polar surface area (TPSA) is 49.9 Å². The highest BCUT2D eigenvalue weighted by Gasteiger charge is 2.25. The Morgan fingerprint density at radius 2 is 1.85 bits per heavy atom. The number of benzene rings is 2. The molecule has 0 spiro atoms. The number of halogens is 1. The summed E-state index contributed by atoms with van der Waals surface area (Å²) in [7, 11) is 1.60. The largest absolute Gasteiger partial charge is 0.497 e. The highest BCUT2D eigenvalue weighted by molar-refractivity contribution is 6.30. The lowest BCUT2D eigenvalue weighted by molar-refractivity contribution is -0.128. The third-order valence-corrected chi connectivity index (χ3v) is 4.69. The van der Waals surface area contributed by atoms with Crippen LogP contribution in [0.5, 0.6) is 5.75 Å². The number of carbonyl (C=O) groups excluding carboxylic acids is 2. The fraction of sp³-hybridized carbons (Fsp3) is 0.300. The molecule has 2 aromatic carbocycles. The van der Waals surface area contributed by atoms with Gasteiger partial charge in [-0.05, 0) is 48.4 Å². The van der Waals surface area contributed by atoms with Crippen LogP contribution in [-0.2, 0) is 16.0 Å². The van der Waals surface area contributed by atoms with Crippen molar-refractivity contribution in [2.75, 3.05) is 25.2 Å². The average Bonchev–Trinajstić information content (AvgIpc) is 3.06. The molecule has 0 unspecified atom stereocenters. The van der Waals surface area contributed by atoms with Crippen LogP contribution < -0.4 is 9.64 Å². The molecule has 0 aromatic heterocycles. The van der Waals surface area contributed by atoms with E-state index < -0.39 is 0 Å². The van der Waals surface area contributed by atoms with Gasteiger partial charge in [0.1, 0.15) is 12.4 Å². The average molecular weight is 373 g/mol. The van der Waals surface area contributed by atoms with Crippen molar-refractivity contribution in [3.8, 4) is 5.75 Å². The normalized spacial score (nSPS) is 13.8. The molecule has 26 heavy (non-hydrogen) atoms. The Kier molecular flexibility index (Phi) is 5.78. The van der Waals surface area contributed by atoms with Gasteiger partial charge in [0.15, 0.2) is 0 Å². The van der Waals surface area contributed by atoms with E-state index in [-0.39, 0.29) is 24.9 Å². The van der Waals surface area contributed by atoms with Crippen LogP contribution in [0.3, 0.4) is 0 Å². The molecule has 0 radical (unpaired) electrons. The van der Waals surface area contributed by atoms with Crippen molar-refractivity contribution in [1.29, 1.82) is 0 Å². The van der Waals surface area contributed by atoms with E-state index in [1.807, 2.05) is 36.4 Å². The number of methoxy groups -OCH3 is 1. The Bertz CT molecular complexity index is 775. The second kappa shape index (κ2) is 8.23. The Labute approximate surface area is 158 Å². The lowest BCUT2D eigenvalue weighted by Gasteiger charge is -2.28. The van der Waals surface area contributed by atoms with Gasteiger partial charge in [0.25, 0.3) is 0 Å². The summed E-state index contributed by atoms with van der Waals surface area (Å²) < 4.78 is 5.19. The molecule has 5 nitrogen and oxygen atoms in total. The summed E-state index contributed by atoms with van der Waals surface area (Å²) >= 11 is 5.91. The van der Waals surface area contributed by atoms with Crippen molar-refractivity contribution in [2.24, 2.45) is 0 Å². The van der Waals surface area contributed by atoms with Crippen molar-refractivity contribution in [1.82, 2.24) is 4.90 Å².